The first-order valence-corrected chi connectivity index (χ1v) is 4.24. The fourth-order valence-electron chi connectivity index (χ4n) is 0.839. The first-order valence-electron chi connectivity index (χ1n) is 3.44. The highest BCUT2D eigenvalue weighted by molar-refractivity contribution is 9.10. The van der Waals surface area contributed by atoms with Crippen LogP contribution in [0.25, 0.3) is 0 Å². The van der Waals surface area contributed by atoms with E-state index >= 15 is 0 Å². The van der Waals surface area contributed by atoms with E-state index in [1.807, 2.05) is 6.07 Å². The van der Waals surface area contributed by atoms with Gasteiger partial charge in [-0.2, -0.15) is 5.26 Å². The van der Waals surface area contributed by atoms with Crippen molar-refractivity contribution in [2.75, 3.05) is 0 Å². The summed E-state index contributed by atoms with van der Waals surface area (Å²) >= 11 is 3.12. The van der Waals surface area contributed by atoms with Crippen LogP contribution in [0.2, 0.25) is 0 Å². The second-order valence-electron chi connectivity index (χ2n) is 2.34. The van der Waals surface area contributed by atoms with E-state index in [-0.39, 0.29) is 12.1 Å². The maximum absolute atomic E-state index is 12.2. The molecule has 1 aromatic rings. The Morgan fingerprint density at radius 1 is 1.62 bits per heavy atom. The summed E-state index contributed by atoms with van der Waals surface area (Å²) in [4.78, 5) is 3.51. The molecule has 0 aliphatic rings. The van der Waals surface area contributed by atoms with Crippen molar-refractivity contribution in [3.63, 3.8) is 0 Å². The lowest BCUT2D eigenvalue weighted by molar-refractivity contribution is 0.146. The van der Waals surface area contributed by atoms with Crippen molar-refractivity contribution < 1.29 is 8.78 Å². The van der Waals surface area contributed by atoms with Gasteiger partial charge in [0, 0.05) is 10.7 Å². The molecule has 5 heteroatoms. The maximum atomic E-state index is 12.2. The minimum Gasteiger partial charge on any atom is -0.254 e. The Kier molecular flexibility index (Phi) is 3.32. The number of nitrogens with zero attached hydrogens (tertiary/aromatic N) is 2. The van der Waals surface area contributed by atoms with Crippen LogP contribution in [-0.4, -0.2) is 4.98 Å². The summed E-state index contributed by atoms with van der Waals surface area (Å²) in [5, 5.41) is 8.39. The molecule has 0 N–H and O–H groups in total. The molecule has 0 amide bonds. The van der Waals surface area contributed by atoms with E-state index in [0.717, 1.165) is 0 Å². The van der Waals surface area contributed by atoms with Crippen LogP contribution in [0.5, 0.6) is 0 Å². The van der Waals surface area contributed by atoms with Crippen LogP contribution >= 0.6 is 15.9 Å². The Morgan fingerprint density at radius 2 is 2.31 bits per heavy atom. The molecule has 0 atom stereocenters. The third-order valence-electron chi connectivity index (χ3n) is 1.45. The van der Waals surface area contributed by atoms with Crippen molar-refractivity contribution >= 4 is 15.9 Å². The molecule has 0 radical (unpaired) electrons. The standard InChI is InChI=1S/C8H5BrF2N2/c9-6-4-13-7(8(10)11)3-5(6)1-2-12/h3-4,8H,1H2. The second-order valence-corrected chi connectivity index (χ2v) is 3.19. The summed E-state index contributed by atoms with van der Waals surface area (Å²) in [5.41, 5.74) is 0.237. The molecule has 0 aliphatic heterocycles. The highest BCUT2D eigenvalue weighted by atomic mass is 79.9. The Bertz CT molecular complexity index is 346. The number of halogens is 3. The zero-order valence-corrected chi connectivity index (χ0v) is 8.05. The van der Waals surface area contributed by atoms with Crippen LogP contribution in [0, 0.1) is 11.3 Å². The summed E-state index contributed by atoms with van der Waals surface area (Å²) in [5.74, 6) is 0. The molecule has 2 nitrogen and oxygen atoms in total. The first-order chi connectivity index (χ1) is 6.15. The SMILES string of the molecule is N#CCc1cc(C(F)F)ncc1Br. The quantitative estimate of drug-likeness (QED) is 0.805. The lowest BCUT2D eigenvalue weighted by Crippen LogP contribution is -1.93. The monoisotopic (exact) mass is 246 g/mol. The van der Waals surface area contributed by atoms with Crippen molar-refractivity contribution in [3.8, 4) is 6.07 Å². The van der Waals surface area contributed by atoms with Crippen LogP contribution < -0.4 is 0 Å². The first kappa shape index (κ1) is 10.1. The van der Waals surface area contributed by atoms with Gasteiger partial charge in [0.1, 0.15) is 5.69 Å². The van der Waals surface area contributed by atoms with E-state index in [2.05, 4.69) is 20.9 Å². The number of nitriles is 1. The van der Waals surface area contributed by atoms with Crippen molar-refractivity contribution in [2.24, 2.45) is 0 Å². The van der Waals surface area contributed by atoms with Crippen LogP contribution in [0.4, 0.5) is 8.78 Å². The third-order valence-corrected chi connectivity index (χ3v) is 2.16. The van der Waals surface area contributed by atoms with Crippen molar-refractivity contribution in [2.45, 2.75) is 12.8 Å². The molecule has 0 aromatic carbocycles. The molecular weight excluding hydrogens is 242 g/mol. The van der Waals surface area contributed by atoms with E-state index in [4.69, 9.17) is 5.26 Å². The van der Waals surface area contributed by atoms with Crippen LogP contribution in [0.1, 0.15) is 17.7 Å². The summed E-state index contributed by atoms with van der Waals surface area (Å²) < 4.78 is 24.9. The predicted molar refractivity (Wildman–Crippen MR) is 46.2 cm³/mol. The fourth-order valence-corrected chi connectivity index (χ4v) is 1.20. The lowest BCUT2D eigenvalue weighted by Gasteiger charge is -2.02. The minimum absolute atomic E-state index is 0.100. The molecule has 0 aliphatic carbocycles. The van der Waals surface area contributed by atoms with E-state index in [0.29, 0.717) is 10.0 Å². The Labute approximate surface area is 82.3 Å². The molecule has 1 heterocycles. The van der Waals surface area contributed by atoms with Gasteiger partial charge in [-0.25, -0.2) is 8.78 Å². The van der Waals surface area contributed by atoms with Gasteiger partial charge in [-0.15, -0.1) is 0 Å². The van der Waals surface area contributed by atoms with Gasteiger partial charge in [-0.1, -0.05) is 0 Å². The second kappa shape index (κ2) is 4.28. The Balaban J connectivity index is 3.05. The molecule has 0 saturated heterocycles. The molecule has 0 unspecified atom stereocenters. The summed E-state index contributed by atoms with van der Waals surface area (Å²) in [6, 6.07) is 3.12. The number of alkyl halides is 2. The maximum Gasteiger partial charge on any atom is 0.280 e. The number of aromatic nitrogens is 1. The van der Waals surface area contributed by atoms with Gasteiger partial charge in [0.05, 0.1) is 12.5 Å². The zero-order valence-electron chi connectivity index (χ0n) is 6.47. The van der Waals surface area contributed by atoms with Gasteiger partial charge < -0.3 is 0 Å². The molecule has 1 rings (SSSR count). The zero-order chi connectivity index (χ0) is 9.84. The lowest BCUT2D eigenvalue weighted by atomic mass is 10.2. The molecule has 68 valence electrons. The van der Waals surface area contributed by atoms with Crippen molar-refractivity contribution in [1.82, 2.24) is 4.98 Å². The highest BCUT2D eigenvalue weighted by Gasteiger charge is 2.10. The molecule has 13 heavy (non-hydrogen) atoms. The average Bonchev–Trinajstić information content (AvgIpc) is 2.08. The number of pyridine rings is 1. The molecule has 0 spiro atoms. The third kappa shape index (κ3) is 2.46. The minimum atomic E-state index is -2.59. The number of hydrogen-bond donors (Lipinski definition) is 0. The summed E-state index contributed by atoms with van der Waals surface area (Å²) in [7, 11) is 0. The predicted octanol–water partition coefficient (Wildman–Crippen LogP) is 2.85. The van der Waals surface area contributed by atoms with Crippen LogP contribution in [0.3, 0.4) is 0 Å². The van der Waals surface area contributed by atoms with Gasteiger partial charge in [-0.3, -0.25) is 4.98 Å². The Morgan fingerprint density at radius 3 is 2.85 bits per heavy atom. The van der Waals surface area contributed by atoms with Gasteiger partial charge >= 0.3 is 0 Å². The normalized spacial score (nSPS) is 10.1. The topological polar surface area (TPSA) is 36.7 Å². The number of hydrogen-bond acceptors (Lipinski definition) is 2. The van der Waals surface area contributed by atoms with Crippen LogP contribution in [-0.2, 0) is 6.42 Å². The van der Waals surface area contributed by atoms with Gasteiger partial charge in [-0.05, 0) is 27.6 Å². The number of rotatable bonds is 2. The van der Waals surface area contributed by atoms with Crippen LogP contribution in [0.15, 0.2) is 16.7 Å². The highest BCUT2D eigenvalue weighted by Crippen LogP contribution is 2.22. The largest absolute Gasteiger partial charge is 0.280 e. The average molecular weight is 247 g/mol. The van der Waals surface area contributed by atoms with E-state index < -0.39 is 6.43 Å². The molecule has 0 fully saturated rings. The molecule has 0 saturated carbocycles. The Hall–Kier alpha value is -1.02. The van der Waals surface area contributed by atoms with E-state index in [1.54, 1.807) is 0 Å². The summed E-state index contributed by atoms with van der Waals surface area (Å²) in [6.07, 6.45) is -1.21. The van der Waals surface area contributed by atoms with Gasteiger partial charge in [0.15, 0.2) is 0 Å². The fraction of sp³-hybridized carbons (Fsp3) is 0.250. The van der Waals surface area contributed by atoms with Crippen molar-refractivity contribution in [1.29, 1.82) is 5.26 Å². The van der Waals surface area contributed by atoms with Gasteiger partial charge in [0.2, 0.25) is 0 Å². The molecule has 1 aromatic heterocycles. The summed E-state index contributed by atoms with van der Waals surface area (Å²) in [6.45, 7) is 0. The van der Waals surface area contributed by atoms with Gasteiger partial charge in [0.25, 0.3) is 6.43 Å². The van der Waals surface area contributed by atoms with E-state index in [1.165, 1.54) is 12.3 Å². The molecular formula is C8H5BrF2N2. The van der Waals surface area contributed by atoms with E-state index in [9.17, 15) is 8.78 Å². The van der Waals surface area contributed by atoms with Crippen molar-refractivity contribution in [3.05, 3.63) is 28.0 Å². The smallest absolute Gasteiger partial charge is 0.254 e. The molecule has 0 bridgehead atoms.